The zero-order chi connectivity index (χ0) is 13.5. The lowest BCUT2D eigenvalue weighted by Crippen LogP contribution is -2.30. The molecule has 0 aliphatic carbocycles. The van der Waals surface area contributed by atoms with Gasteiger partial charge in [0.1, 0.15) is 0 Å². The van der Waals surface area contributed by atoms with E-state index < -0.39 is 17.6 Å². The molecule has 1 aromatic rings. The van der Waals surface area contributed by atoms with Crippen molar-refractivity contribution >= 4 is 5.82 Å². The van der Waals surface area contributed by atoms with Crippen molar-refractivity contribution in [2.24, 2.45) is 0 Å². The number of rotatable bonds is 7. The van der Waals surface area contributed by atoms with Crippen LogP contribution in [0.15, 0.2) is 6.07 Å². The van der Waals surface area contributed by atoms with Gasteiger partial charge in [-0.15, -0.1) is 0 Å². The molecule has 0 saturated heterocycles. The first-order valence-corrected chi connectivity index (χ1v) is 6.06. The highest BCUT2D eigenvalue weighted by Crippen LogP contribution is 2.13. The average Bonchev–Trinajstić information content (AvgIpc) is 2.34. The van der Waals surface area contributed by atoms with Crippen LogP contribution in [-0.4, -0.2) is 36.1 Å². The molecule has 3 nitrogen and oxygen atoms in total. The fourth-order valence-electron chi connectivity index (χ4n) is 1.64. The van der Waals surface area contributed by atoms with Crippen molar-refractivity contribution in [2.75, 3.05) is 31.5 Å². The molecule has 0 saturated carbocycles. The summed E-state index contributed by atoms with van der Waals surface area (Å²) in [5.41, 5.74) is 0. The monoisotopic (exact) mass is 261 g/mol. The smallest absolute Gasteiger partial charge is 0.251 e. The molecule has 1 N–H and O–H groups in total. The van der Waals surface area contributed by atoms with Crippen LogP contribution in [0.5, 0.6) is 0 Å². The van der Waals surface area contributed by atoms with E-state index in [1.54, 1.807) is 0 Å². The topological polar surface area (TPSA) is 28.2 Å². The predicted molar refractivity (Wildman–Crippen MR) is 65.0 cm³/mol. The Morgan fingerprint density at radius 3 is 2.50 bits per heavy atom. The van der Waals surface area contributed by atoms with Crippen LogP contribution in [0.1, 0.15) is 20.3 Å². The van der Waals surface area contributed by atoms with Crippen LogP contribution in [0.4, 0.5) is 19.0 Å². The van der Waals surface area contributed by atoms with Crippen molar-refractivity contribution in [1.82, 2.24) is 9.88 Å². The number of anilines is 1. The van der Waals surface area contributed by atoms with Crippen molar-refractivity contribution in [2.45, 2.75) is 20.3 Å². The lowest BCUT2D eigenvalue weighted by Gasteiger charge is -2.19. The van der Waals surface area contributed by atoms with E-state index in [0.717, 1.165) is 19.5 Å². The Morgan fingerprint density at radius 2 is 1.89 bits per heavy atom. The van der Waals surface area contributed by atoms with Crippen molar-refractivity contribution in [3.63, 3.8) is 0 Å². The second-order valence-corrected chi connectivity index (χ2v) is 3.95. The summed E-state index contributed by atoms with van der Waals surface area (Å²) in [5, 5.41) is 2.67. The molecule has 0 atom stereocenters. The van der Waals surface area contributed by atoms with E-state index in [1.807, 2.05) is 6.92 Å². The Kier molecular flexibility index (Phi) is 5.91. The van der Waals surface area contributed by atoms with E-state index in [0.29, 0.717) is 19.2 Å². The number of pyridine rings is 1. The van der Waals surface area contributed by atoms with Gasteiger partial charge in [-0.05, 0) is 19.5 Å². The van der Waals surface area contributed by atoms with Crippen LogP contribution in [0.2, 0.25) is 0 Å². The Morgan fingerprint density at radius 1 is 1.17 bits per heavy atom. The molecule has 0 bridgehead atoms. The molecular weight excluding hydrogens is 243 g/mol. The van der Waals surface area contributed by atoms with Crippen LogP contribution in [0.3, 0.4) is 0 Å². The highest BCUT2D eigenvalue weighted by atomic mass is 19.2. The number of hydrogen-bond donors (Lipinski definition) is 1. The van der Waals surface area contributed by atoms with E-state index in [9.17, 15) is 13.2 Å². The van der Waals surface area contributed by atoms with Crippen LogP contribution < -0.4 is 5.32 Å². The molecule has 1 rings (SSSR count). The molecule has 102 valence electrons. The molecule has 0 spiro atoms. The second-order valence-electron chi connectivity index (χ2n) is 3.95. The van der Waals surface area contributed by atoms with Crippen LogP contribution in [0, 0.1) is 17.6 Å². The zero-order valence-electron chi connectivity index (χ0n) is 10.6. The number of halogens is 3. The van der Waals surface area contributed by atoms with Crippen LogP contribution >= 0.6 is 0 Å². The fraction of sp³-hybridized carbons (Fsp3) is 0.583. The molecule has 0 aliphatic rings. The summed E-state index contributed by atoms with van der Waals surface area (Å²) in [6.45, 7) is 7.08. The van der Waals surface area contributed by atoms with E-state index in [-0.39, 0.29) is 5.82 Å². The number of likely N-dealkylation sites (N-methyl/N-ethyl adjacent to an activating group) is 1. The first kappa shape index (κ1) is 14.8. The van der Waals surface area contributed by atoms with Gasteiger partial charge in [-0.25, -0.2) is 8.78 Å². The summed E-state index contributed by atoms with van der Waals surface area (Å²) in [5.74, 6) is -3.70. The number of nitrogens with zero attached hydrogens (tertiary/aromatic N) is 2. The average molecular weight is 261 g/mol. The third kappa shape index (κ3) is 4.18. The van der Waals surface area contributed by atoms with Gasteiger partial charge in [0.25, 0.3) is 5.95 Å². The summed E-state index contributed by atoms with van der Waals surface area (Å²) in [4.78, 5) is 5.37. The minimum Gasteiger partial charge on any atom is -0.366 e. The molecule has 1 aromatic heterocycles. The van der Waals surface area contributed by atoms with Gasteiger partial charge >= 0.3 is 0 Å². The standard InChI is InChI=1S/C12H18F3N3/c1-3-6-18(4-2)7-5-16-12-10(14)8-9(13)11(15)17-12/h8H,3-7H2,1-2H3,(H,16,17). The van der Waals surface area contributed by atoms with Gasteiger partial charge in [-0.3, -0.25) is 0 Å². The van der Waals surface area contributed by atoms with Crippen molar-refractivity contribution in [1.29, 1.82) is 0 Å². The minimum absolute atomic E-state index is 0.249. The van der Waals surface area contributed by atoms with Gasteiger partial charge in [0.05, 0.1) is 0 Å². The fourth-order valence-corrected chi connectivity index (χ4v) is 1.64. The van der Waals surface area contributed by atoms with Gasteiger partial charge < -0.3 is 10.2 Å². The maximum Gasteiger partial charge on any atom is 0.251 e. The Balaban J connectivity index is 2.51. The first-order chi connectivity index (χ1) is 8.58. The van der Waals surface area contributed by atoms with Gasteiger partial charge in [-0.1, -0.05) is 13.8 Å². The summed E-state index contributed by atoms with van der Waals surface area (Å²) >= 11 is 0. The van der Waals surface area contributed by atoms with Crippen molar-refractivity contribution in [3.8, 4) is 0 Å². The molecule has 0 aromatic carbocycles. The summed E-state index contributed by atoms with van der Waals surface area (Å²) < 4.78 is 38.7. The molecule has 6 heteroatoms. The number of aromatic nitrogens is 1. The Hall–Kier alpha value is -1.30. The number of hydrogen-bond acceptors (Lipinski definition) is 3. The highest BCUT2D eigenvalue weighted by molar-refractivity contribution is 5.36. The molecule has 0 radical (unpaired) electrons. The van der Waals surface area contributed by atoms with Gasteiger partial charge in [0, 0.05) is 19.2 Å². The summed E-state index contributed by atoms with van der Waals surface area (Å²) in [6, 6.07) is 0.494. The van der Waals surface area contributed by atoms with Crippen LogP contribution in [-0.2, 0) is 0 Å². The maximum absolute atomic E-state index is 13.2. The summed E-state index contributed by atoms with van der Waals surface area (Å²) in [6.07, 6.45) is 1.03. The minimum atomic E-state index is -1.29. The molecule has 1 heterocycles. The first-order valence-electron chi connectivity index (χ1n) is 6.06. The third-order valence-electron chi connectivity index (χ3n) is 2.59. The lowest BCUT2D eigenvalue weighted by molar-refractivity contribution is 0.299. The maximum atomic E-state index is 13.2. The van der Waals surface area contributed by atoms with E-state index in [1.165, 1.54) is 0 Å². The third-order valence-corrected chi connectivity index (χ3v) is 2.59. The highest BCUT2D eigenvalue weighted by Gasteiger charge is 2.11. The van der Waals surface area contributed by atoms with Gasteiger partial charge in [0.15, 0.2) is 17.5 Å². The Labute approximate surface area is 105 Å². The molecule has 0 amide bonds. The second kappa shape index (κ2) is 7.20. The van der Waals surface area contributed by atoms with E-state index in [2.05, 4.69) is 22.1 Å². The molecule has 0 unspecified atom stereocenters. The van der Waals surface area contributed by atoms with Gasteiger partial charge in [0.2, 0.25) is 0 Å². The number of nitrogens with one attached hydrogen (secondary N) is 1. The SMILES string of the molecule is CCCN(CC)CCNc1nc(F)c(F)cc1F. The largest absolute Gasteiger partial charge is 0.366 e. The molecule has 18 heavy (non-hydrogen) atoms. The molecular formula is C12H18F3N3. The zero-order valence-corrected chi connectivity index (χ0v) is 10.6. The molecule has 0 aliphatic heterocycles. The van der Waals surface area contributed by atoms with E-state index >= 15 is 0 Å². The normalized spacial score (nSPS) is 11.0. The molecule has 0 fully saturated rings. The predicted octanol–water partition coefficient (Wildman–Crippen LogP) is 2.64. The van der Waals surface area contributed by atoms with E-state index in [4.69, 9.17) is 0 Å². The lowest BCUT2D eigenvalue weighted by atomic mass is 10.4. The van der Waals surface area contributed by atoms with Crippen molar-refractivity contribution in [3.05, 3.63) is 23.6 Å². The summed E-state index contributed by atoms with van der Waals surface area (Å²) in [7, 11) is 0. The van der Waals surface area contributed by atoms with Crippen LogP contribution in [0.25, 0.3) is 0 Å². The van der Waals surface area contributed by atoms with Gasteiger partial charge in [-0.2, -0.15) is 9.37 Å². The Bertz CT molecular complexity index is 385. The quantitative estimate of drug-likeness (QED) is 0.765. The van der Waals surface area contributed by atoms with Crippen molar-refractivity contribution < 1.29 is 13.2 Å².